The summed E-state index contributed by atoms with van der Waals surface area (Å²) in [7, 11) is 0. The molecule has 4 atom stereocenters. The van der Waals surface area contributed by atoms with E-state index in [1.807, 2.05) is 62.2 Å². The van der Waals surface area contributed by atoms with Crippen LogP contribution in [0.4, 0.5) is 10.1 Å². The van der Waals surface area contributed by atoms with Gasteiger partial charge in [0.1, 0.15) is 11.9 Å². The highest BCUT2D eigenvalue weighted by molar-refractivity contribution is 6.24. The molecule has 0 unspecified atom stereocenters. The number of imide groups is 1. The van der Waals surface area contributed by atoms with Gasteiger partial charge in [0.25, 0.3) is 0 Å². The summed E-state index contributed by atoms with van der Waals surface area (Å²) in [6, 6.07) is 11.9. The van der Waals surface area contributed by atoms with Gasteiger partial charge in [-0.1, -0.05) is 45.0 Å². The lowest BCUT2D eigenvalue weighted by molar-refractivity contribution is -0.135. The molecule has 5 nitrogen and oxygen atoms in total. The largest absolute Gasteiger partial charge is 0.359 e. The Kier molecular flexibility index (Phi) is 4.19. The minimum atomic E-state index is -0.787. The third kappa shape index (κ3) is 2.77. The zero-order chi connectivity index (χ0) is 22.1. The van der Waals surface area contributed by atoms with Gasteiger partial charge in [-0.05, 0) is 41.5 Å². The van der Waals surface area contributed by atoms with E-state index in [2.05, 4.69) is 0 Å². The number of carbonyl (C=O) groups excluding carboxylic acids is 3. The first kappa shape index (κ1) is 19.7. The smallest absolute Gasteiger partial charge is 0.240 e. The Labute approximate surface area is 180 Å². The monoisotopic (exact) mass is 418 g/mol. The van der Waals surface area contributed by atoms with Crippen molar-refractivity contribution < 1.29 is 18.8 Å². The van der Waals surface area contributed by atoms with Gasteiger partial charge >= 0.3 is 0 Å². The highest BCUT2D eigenvalue weighted by atomic mass is 19.1. The second-order valence-corrected chi connectivity index (χ2v) is 9.44. The van der Waals surface area contributed by atoms with Gasteiger partial charge in [0.05, 0.1) is 23.6 Å². The quantitative estimate of drug-likeness (QED) is 0.693. The van der Waals surface area contributed by atoms with Crippen LogP contribution < -0.4 is 4.90 Å². The Morgan fingerprint density at radius 1 is 0.935 bits per heavy atom. The van der Waals surface area contributed by atoms with E-state index in [9.17, 15) is 18.8 Å². The fraction of sp³-hybridized carbons (Fsp3) is 0.320. The Bertz CT molecular complexity index is 1130. The maximum Gasteiger partial charge on any atom is 0.240 e. The number of Topliss-reactive ketones (excluding diaryl/α,β-unsaturated/α-hetero) is 1. The predicted molar refractivity (Wildman–Crippen MR) is 114 cm³/mol. The maximum atomic E-state index is 13.6. The van der Waals surface area contributed by atoms with Crippen molar-refractivity contribution >= 4 is 29.4 Å². The molecule has 2 aromatic rings. The van der Waals surface area contributed by atoms with E-state index in [0.29, 0.717) is 5.69 Å². The van der Waals surface area contributed by atoms with Crippen LogP contribution in [0, 0.1) is 23.1 Å². The van der Waals surface area contributed by atoms with Crippen LogP contribution in [-0.2, 0) is 14.4 Å². The van der Waals surface area contributed by atoms with Crippen LogP contribution in [0.15, 0.2) is 54.7 Å². The molecule has 0 radical (unpaired) electrons. The van der Waals surface area contributed by atoms with Crippen LogP contribution >= 0.6 is 0 Å². The number of fused-ring (bicyclic) bond motifs is 5. The van der Waals surface area contributed by atoms with Gasteiger partial charge in [-0.2, -0.15) is 0 Å². The number of amides is 2. The molecule has 3 heterocycles. The summed E-state index contributed by atoms with van der Waals surface area (Å²) < 4.78 is 13.4. The molecule has 2 aromatic carbocycles. The molecule has 0 aliphatic carbocycles. The molecule has 158 valence electrons. The minimum Gasteiger partial charge on any atom is -0.359 e. The first-order chi connectivity index (χ1) is 14.7. The van der Waals surface area contributed by atoms with E-state index < -0.39 is 41.1 Å². The Morgan fingerprint density at radius 2 is 1.58 bits per heavy atom. The average Bonchev–Trinajstić information content (AvgIpc) is 3.20. The Hall–Kier alpha value is -3.28. The van der Waals surface area contributed by atoms with Gasteiger partial charge in [-0.3, -0.25) is 14.4 Å². The van der Waals surface area contributed by atoms with E-state index in [1.54, 1.807) is 0 Å². The fourth-order valence-corrected chi connectivity index (χ4v) is 5.15. The van der Waals surface area contributed by atoms with Crippen molar-refractivity contribution in [3.8, 4) is 0 Å². The molecule has 3 aliphatic heterocycles. The summed E-state index contributed by atoms with van der Waals surface area (Å²) in [4.78, 5) is 43.8. The first-order valence-corrected chi connectivity index (χ1v) is 10.4. The number of hydrogen-bond acceptors (Lipinski definition) is 4. The maximum absolute atomic E-state index is 13.6. The van der Waals surface area contributed by atoms with Crippen LogP contribution in [0.3, 0.4) is 0 Å². The van der Waals surface area contributed by atoms with Crippen LogP contribution in [0.1, 0.15) is 37.9 Å². The predicted octanol–water partition coefficient (Wildman–Crippen LogP) is 3.96. The third-order valence-electron chi connectivity index (χ3n) is 6.55. The van der Waals surface area contributed by atoms with Gasteiger partial charge in [0.15, 0.2) is 5.78 Å². The number of ketones is 1. The molecule has 0 spiro atoms. The normalized spacial score (nSPS) is 26.7. The first-order valence-electron chi connectivity index (χ1n) is 10.4. The third-order valence-corrected chi connectivity index (χ3v) is 6.55. The van der Waals surface area contributed by atoms with Crippen molar-refractivity contribution in [2.24, 2.45) is 17.3 Å². The van der Waals surface area contributed by atoms with E-state index in [0.717, 1.165) is 16.0 Å². The molecule has 3 aliphatic rings. The SMILES string of the molecule is CC(C)(C)C(=O)[C@@H]1[C@@H]2C(=O)N(c3ccc(F)cc3)C(=O)[C@@H]2[C@H]2c3ccccc3C=CN12. The summed E-state index contributed by atoms with van der Waals surface area (Å²) in [5, 5.41) is 0. The van der Waals surface area contributed by atoms with Crippen molar-refractivity contribution in [3.63, 3.8) is 0 Å². The van der Waals surface area contributed by atoms with E-state index in [-0.39, 0.29) is 11.7 Å². The Balaban J connectivity index is 1.66. The molecule has 0 N–H and O–H groups in total. The Morgan fingerprint density at radius 3 is 2.26 bits per heavy atom. The van der Waals surface area contributed by atoms with Crippen molar-refractivity contribution in [1.82, 2.24) is 4.90 Å². The summed E-state index contributed by atoms with van der Waals surface area (Å²) in [5.74, 6) is -2.72. The van der Waals surface area contributed by atoms with Gasteiger partial charge in [-0.25, -0.2) is 9.29 Å². The van der Waals surface area contributed by atoms with Crippen molar-refractivity contribution in [3.05, 3.63) is 71.7 Å². The van der Waals surface area contributed by atoms with Gasteiger partial charge in [0, 0.05) is 11.6 Å². The number of rotatable bonds is 2. The van der Waals surface area contributed by atoms with Gasteiger partial charge in [0.2, 0.25) is 11.8 Å². The summed E-state index contributed by atoms with van der Waals surface area (Å²) in [6.07, 6.45) is 3.78. The molecule has 2 saturated heterocycles. The number of halogens is 1. The van der Waals surface area contributed by atoms with Gasteiger partial charge < -0.3 is 4.90 Å². The highest BCUT2D eigenvalue weighted by Crippen LogP contribution is 2.54. The topological polar surface area (TPSA) is 57.7 Å². The molecular weight excluding hydrogens is 395 g/mol. The second kappa shape index (κ2) is 6.61. The van der Waals surface area contributed by atoms with Crippen molar-refractivity contribution in [2.75, 3.05) is 4.90 Å². The highest BCUT2D eigenvalue weighted by Gasteiger charge is 2.65. The molecule has 0 saturated carbocycles. The van der Waals surface area contributed by atoms with Gasteiger partial charge in [-0.15, -0.1) is 0 Å². The number of hydrogen-bond donors (Lipinski definition) is 0. The standard InChI is InChI=1S/C25H23FN2O3/c1-25(2,3)22(29)21-19-18(20-17-7-5-4-6-14(17)12-13-27(20)21)23(30)28(24(19)31)16-10-8-15(26)9-11-16/h4-13,18-21H,1-3H3/t18-,19+,20+,21-/m0/s1. The lowest BCUT2D eigenvalue weighted by Crippen LogP contribution is -2.47. The molecule has 6 heteroatoms. The number of nitrogens with zero attached hydrogens (tertiary/aromatic N) is 2. The zero-order valence-electron chi connectivity index (χ0n) is 17.6. The molecule has 31 heavy (non-hydrogen) atoms. The van der Waals surface area contributed by atoms with Crippen LogP contribution in [0.5, 0.6) is 0 Å². The number of anilines is 1. The fourth-order valence-electron chi connectivity index (χ4n) is 5.15. The second-order valence-electron chi connectivity index (χ2n) is 9.44. The minimum absolute atomic E-state index is 0.0730. The molecule has 0 aromatic heterocycles. The van der Waals surface area contributed by atoms with E-state index in [1.165, 1.54) is 24.3 Å². The zero-order valence-corrected chi connectivity index (χ0v) is 17.6. The summed E-state index contributed by atoms with van der Waals surface area (Å²) >= 11 is 0. The summed E-state index contributed by atoms with van der Waals surface area (Å²) in [6.45, 7) is 5.49. The average molecular weight is 418 g/mol. The molecule has 2 fully saturated rings. The lowest BCUT2D eigenvalue weighted by Gasteiger charge is -2.37. The molecule has 0 bridgehead atoms. The lowest BCUT2D eigenvalue weighted by atomic mass is 9.79. The van der Waals surface area contributed by atoms with Crippen molar-refractivity contribution in [2.45, 2.75) is 32.9 Å². The van der Waals surface area contributed by atoms with E-state index in [4.69, 9.17) is 0 Å². The van der Waals surface area contributed by atoms with E-state index >= 15 is 0 Å². The number of benzene rings is 2. The molecule has 5 rings (SSSR count). The van der Waals surface area contributed by atoms with Crippen LogP contribution in [0.2, 0.25) is 0 Å². The molecule has 2 amide bonds. The summed E-state index contributed by atoms with van der Waals surface area (Å²) in [5.41, 5.74) is 1.57. The number of carbonyl (C=O) groups is 3. The van der Waals surface area contributed by atoms with Crippen molar-refractivity contribution in [1.29, 1.82) is 0 Å². The molecular formula is C25H23FN2O3. The van der Waals surface area contributed by atoms with Crippen LogP contribution in [0.25, 0.3) is 6.08 Å². The van der Waals surface area contributed by atoms with Crippen LogP contribution in [-0.4, -0.2) is 28.5 Å².